The van der Waals surface area contributed by atoms with Crippen molar-refractivity contribution in [2.24, 2.45) is 0 Å². The van der Waals surface area contributed by atoms with Gasteiger partial charge in [0, 0.05) is 28.9 Å². The van der Waals surface area contributed by atoms with Crippen LogP contribution in [0, 0.1) is 6.92 Å². The molecule has 2 aromatic rings. The van der Waals surface area contributed by atoms with Crippen molar-refractivity contribution in [2.45, 2.75) is 62.8 Å². The smallest absolute Gasteiger partial charge is 0.257 e. The minimum absolute atomic E-state index is 0.127. The summed E-state index contributed by atoms with van der Waals surface area (Å²) in [6.07, 6.45) is 3.17. The van der Waals surface area contributed by atoms with Gasteiger partial charge in [-0.05, 0) is 31.7 Å². The average molecular weight is 396 g/mol. The summed E-state index contributed by atoms with van der Waals surface area (Å²) < 4.78 is 0. The number of carbonyl (C=O) groups excluding carboxylic acids is 1. The molecule has 28 heavy (non-hydrogen) atoms. The number of fused-ring (bicyclic) bond motifs is 1. The molecule has 0 radical (unpaired) electrons. The van der Waals surface area contributed by atoms with E-state index >= 15 is 0 Å². The van der Waals surface area contributed by atoms with Gasteiger partial charge < -0.3 is 10.3 Å². The van der Waals surface area contributed by atoms with Crippen LogP contribution in [0.2, 0.25) is 0 Å². The number of anilines is 1. The zero-order valence-corrected chi connectivity index (χ0v) is 17.3. The molecule has 0 fully saturated rings. The fraction of sp³-hybridized carbons (Fsp3) is 0.409. The number of H-pyrrole nitrogens is 1. The molecule has 0 saturated carbocycles. The third-order valence-electron chi connectivity index (χ3n) is 5.53. The first-order valence-corrected chi connectivity index (χ1v) is 10.8. The third-order valence-corrected chi connectivity index (χ3v) is 6.69. The molecule has 6 heteroatoms. The molecule has 1 aromatic carbocycles. The molecule has 1 aliphatic carbocycles. The summed E-state index contributed by atoms with van der Waals surface area (Å²) in [5.41, 5.74) is 4.15. The zero-order valence-electron chi connectivity index (χ0n) is 16.5. The van der Waals surface area contributed by atoms with Crippen LogP contribution in [0.1, 0.15) is 62.1 Å². The summed E-state index contributed by atoms with van der Waals surface area (Å²) in [7, 11) is 0. The van der Waals surface area contributed by atoms with E-state index in [0.29, 0.717) is 28.2 Å². The topological polar surface area (TPSA) is 74.8 Å². The maximum atomic E-state index is 13.1. The Bertz CT molecular complexity index is 1010. The normalized spacial score (nSPS) is 19.7. The maximum absolute atomic E-state index is 13.1. The number of allylic oxidation sites excluding steroid dienone is 2. The number of Topliss-reactive ketones (excluding diaryl/α,β-unsaturated/α-hetero) is 1. The van der Waals surface area contributed by atoms with Crippen LogP contribution >= 0.6 is 11.8 Å². The van der Waals surface area contributed by atoms with E-state index in [1.807, 2.05) is 31.2 Å². The number of aromatic amines is 1. The molecular formula is C22H25N3O2S. The number of thioether (sulfide) groups is 1. The molecule has 1 aliphatic heterocycles. The first-order chi connectivity index (χ1) is 13.5. The van der Waals surface area contributed by atoms with E-state index in [0.717, 1.165) is 41.7 Å². The van der Waals surface area contributed by atoms with E-state index in [2.05, 4.69) is 24.1 Å². The van der Waals surface area contributed by atoms with Crippen LogP contribution in [0.15, 0.2) is 45.5 Å². The summed E-state index contributed by atoms with van der Waals surface area (Å²) in [6, 6.07) is 8.09. The first kappa shape index (κ1) is 19.0. The number of ketones is 1. The van der Waals surface area contributed by atoms with Crippen molar-refractivity contribution in [1.29, 1.82) is 0 Å². The van der Waals surface area contributed by atoms with Gasteiger partial charge in [0.1, 0.15) is 5.82 Å². The maximum Gasteiger partial charge on any atom is 0.257 e. The molecule has 1 aromatic heterocycles. The van der Waals surface area contributed by atoms with Crippen molar-refractivity contribution in [1.82, 2.24) is 9.97 Å². The number of aryl methyl sites for hydroxylation is 1. The molecule has 0 spiro atoms. The van der Waals surface area contributed by atoms with Gasteiger partial charge in [-0.1, -0.05) is 55.4 Å². The molecule has 0 amide bonds. The van der Waals surface area contributed by atoms with Crippen molar-refractivity contribution >= 4 is 23.4 Å². The van der Waals surface area contributed by atoms with Crippen molar-refractivity contribution in [3.05, 3.63) is 62.6 Å². The largest absolute Gasteiger partial charge is 0.343 e. The minimum atomic E-state index is -0.362. The lowest BCUT2D eigenvalue weighted by molar-refractivity contribution is -0.116. The Balaban J connectivity index is 1.88. The summed E-state index contributed by atoms with van der Waals surface area (Å²) in [4.78, 5) is 33.6. The number of hydrogen-bond donors (Lipinski definition) is 2. The van der Waals surface area contributed by atoms with E-state index in [-0.39, 0.29) is 17.3 Å². The molecular weight excluding hydrogens is 370 g/mol. The van der Waals surface area contributed by atoms with Crippen LogP contribution in [-0.4, -0.2) is 21.0 Å². The average Bonchev–Trinajstić information content (AvgIpc) is 2.67. The number of aromatic nitrogens is 2. The molecule has 146 valence electrons. The second-order valence-electron chi connectivity index (χ2n) is 7.61. The number of nitrogens with one attached hydrogen (secondary N) is 2. The Morgan fingerprint density at radius 2 is 1.96 bits per heavy atom. The van der Waals surface area contributed by atoms with E-state index in [9.17, 15) is 9.59 Å². The number of hydrogen-bond acceptors (Lipinski definition) is 5. The fourth-order valence-electron chi connectivity index (χ4n) is 3.86. The highest BCUT2D eigenvalue weighted by atomic mass is 32.2. The monoisotopic (exact) mass is 395 g/mol. The Labute approximate surface area is 169 Å². The summed E-state index contributed by atoms with van der Waals surface area (Å²) in [5.74, 6) is 0.356. The molecule has 2 heterocycles. The highest BCUT2D eigenvalue weighted by Gasteiger charge is 2.37. The lowest BCUT2D eigenvalue weighted by Gasteiger charge is -2.32. The highest BCUT2D eigenvalue weighted by Crippen LogP contribution is 2.43. The van der Waals surface area contributed by atoms with Crippen LogP contribution in [0.4, 0.5) is 5.82 Å². The van der Waals surface area contributed by atoms with Crippen LogP contribution in [-0.2, 0) is 4.79 Å². The fourth-order valence-corrected chi connectivity index (χ4v) is 4.71. The van der Waals surface area contributed by atoms with Gasteiger partial charge in [-0.3, -0.25) is 9.59 Å². The summed E-state index contributed by atoms with van der Waals surface area (Å²) in [6.45, 7) is 6.26. The van der Waals surface area contributed by atoms with Crippen LogP contribution < -0.4 is 10.9 Å². The van der Waals surface area contributed by atoms with E-state index in [1.165, 1.54) is 0 Å². The second-order valence-corrected chi connectivity index (χ2v) is 9.03. The van der Waals surface area contributed by atoms with Crippen molar-refractivity contribution in [2.75, 3.05) is 5.32 Å². The number of rotatable bonds is 4. The predicted octanol–water partition coefficient (Wildman–Crippen LogP) is 4.53. The predicted molar refractivity (Wildman–Crippen MR) is 113 cm³/mol. The number of carbonyl (C=O) groups is 1. The second kappa shape index (κ2) is 7.59. The van der Waals surface area contributed by atoms with Gasteiger partial charge in [0.2, 0.25) is 0 Å². The quantitative estimate of drug-likeness (QED) is 0.587. The Morgan fingerprint density at radius 3 is 2.68 bits per heavy atom. The minimum Gasteiger partial charge on any atom is -0.343 e. The Morgan fingerprint density at radius 1 is 1.21 bits per heavy atom. The molecule has 0 bridgehead atoms. The van der Waals surface area contributed by atoms with Gasteiger partial charge in [-0.15, -0.1) is 0 Å². The van der Waals surface area contributed by atoms with E-state index < -0.39 is 0 Å². The van der Waals surface area contributed by atoms with Gasteiger partial charge >= 0.3 is 0 Å². The Kier molecular flexibility index (Phi) is 5.15. The molecule has 4 rings (SSSR count). The highest BCUT2D eigenvalue weighted by molar-refractivity contribution is 7.99. The van der Waals surface area contributed by atoms with Crippen LogP contribution in [0.25, 0.3) is 0 Å². The van der Waals surface area contributed by atoms with Gasteiger partial charge in [0.15, 0.2) is 10.9 Å². The molecule has 5 nitrogen and oxygen atoms in total. The van der Waals surface area contributed by atoms with E-state index in [1.54, 1.807) is 11.8 Å². The molecule has 2 N–H and O–H groups in total. The summed E-state index contributed by atoms with van der Waals surface area (Å²) in [5, 5.41) is 4.32. The van der Waals surface area contributed by atoms with Crippen LogP contribution in [0.5, 0.6) is 0 Å². The van der Waals surface area contributed by atoms with E-state index in [4.69, 9.17) is 4.98 Å². The van der Waals surface area contributed by atoms with Gasteiger partial charge in [-0.2, -0.15) is 0 Å². The van der Waals surface area contributed by atoms with Gasteiger partial charge in [0.05, 0.1) is 5.56 Å². The molecule has 0 unspecified atom stereocenters. The molecule has 2 atom stereocenters. The van der Waals surface area contributed by atoms with Crippen molar-refractivity contribution < 1.29 is 4.79 Å². The van der Waals surface area contributed by atoms with Crippen molar-refractivity contribution in [3.63, 3.8) is 0 Å². The zero-order chi connectivity index (χ0) is 19.8. The first-order valence-electron chi connectivity index (χ1n) is 9.88. The lowest BCUT2D eigenvalue weighted by atomic mass is 9.76. The SMILES string of the molecule is CC[C@H](C)Sc1nc2c(c(=O)[nH]1)[C@@H](c1ccc(C)cc1)C1=C(CCCC1=O)N2. The number of benzene rings is 1. The number of nitrogens with zero attached hydrogens (tertiary/aromatic N) is 1. The molecule has 2 aliphatic rings. The van der Waals surface area contributed by atoms with Crippen molar-refractivity contribution in [3.8, 4) is 0 Å². The molecule has 0 saturated heterocycles. The standard InChI is InChI=1S/C22H25N3O2S/c1-4-13(3)28-22-24-20-19(21(27)25-22)17(14-10-8-12(2)9-11-14)18-15(23-20)6-5-7-16(18)26/h8-11,13,17H,4-7H2,1-3H3,(H2,23,24,25,27)/t13-,17-/m0/s1. The van der Waals surface area contributed by atoms with Crippen LogP contribution in [0.3, 0.4) is 0 Å². The summed E-state index contributed by atoms with van der Waals surface area (Å²) >= 11 is 1.57. The van der Waals surface area contributed by atoms with Gasteiger partial charge in [-0.25, -0.2) is 4.98 Å². The van der Waals surface area contributed by atoms with Gasteiger partial charge in [0.25, 0.3) is 5.56 Å². The third kappa shape index (κ3) is 3.41. The Hall–Kier alpha value is -2.34. The lowest BCUT2D eigenvalue weighted by Crippen LogP contribution is -2.32.